The minimum Gasteiger partial charge on any atom is -0.480 e. The van der Waals surface area contributed by atoms with Gasteiger partial charge in [-0.2, -0.15) is 4.72 Å². The molecule has 3 aromatic carbocycles. The molecule has 3 rings (SSSR count). The summed E-state index contributed by atoms with van der Waals surface area (Å²) in [6, 6.07) is 16.6. The Balaban J connectivity index is 1.75. The van der Waals surface area contributed by atoms with Crippen LogP contribution in [0, 0.1) is 20.8 Å². The van der Waals surface area contributed by atoms with Crippen LogP contribution in [-0.4, -0.2) is 37.6 Å². The summed E-state index contributed by atoms with van der Waals surface area (Å²) in [4.78, 5) is 24.2. The predicted molar refractivity (Wildman–Crippen MR) is 150 cm³/mol. The summed E-state index contributed by atoms with van der Waals surface area (Å²) in [6.45, 7) is 9.21. The highest BCUT2D eigenvalue weighted by atomic mass is 32.2. The molecule has 0 aliphatic heterocycles. The second-order valence-corrected chi connectivity index (χ2v) is 11.3. The normalized spacial score (nSPS) is 13.0. The zero-order valence-electron chi connectivity index (χ0n) is 22.3. The van der Waals surface area contributed by atoms with Crippen LogP contribution < -0.4 is 15.4 Å². The van der Waals surface area contributed by atoms with Gasteiger partial charge in [0, 0.05) is 11.7 Å². The van der Waals surface area contributed by atoms with Crippen molar-refractivity contribution < 1.29 is 23.1 Å². The molecule has 8 nitrogen and oxygen atoms in total. The summed E-state index contributed by atoms with van der Waals surface area (Å²) < 4.78 is 28.6. The monoisotopic (exact) mass is 537 g/mol. The number of urea groups is 1. The van der Waals surface area contributed by atoms with Crippen LogP contribution in [0.3, 0.4) is 0 Å². The first kappa shape index (κ1) is 28.9. The molecule has 2 unspecified atom stereocenters. The van der Waals surface area contributed by atoms with Gasteiger partial charge in [-0.25, -0.2) is 13.2 Å². The Hall–Kier alpha value is -3.69. The number of carbonyl (C=O) groups excluding carboxylic acids is 1. The third-order valence-electron chi connectivity index (χ3n) is 6.31. The lowest BCUT2D eigenvalue weighted by Gasteiger charge is -2.18. The van der Waals surface area contributed by atoms with Crippen molar-refractivity contribution >= 4 is 27.7 Å². The molecule has 0 aromatic heterocycles. The lowest BCUT2D eigenvalue weighted by molar-refractivity contribution is -0.138. The molecule has 0 bridgehead atoms. The van der Waals surface area contributed by atoms with Gasteiger partial charge in [-0.05, 0) is 80.5 Å². The number of benzene rings is 3. The molecule has 0 aliphatic rings. The van der Waals surface area contributed by atoms with Crippen molar-refractivity contribution in [3.8, 4) is 11.1 Å². The van der Waals surface area contributed by atoms with E-state index in [1.807, 2.05) is 51.1 Å². The molecule has 0 radical (unpaired) electrons. The van der Waals surface area contributed by atoms with Crippen LogP contribution in [0.1, 0.15) is 42.5 Å². The van der Waals surface area contributed by atoms with E-state index < -0.39 is 22.0 Å². The van der Waals surface area contributed by atoms with E-state index in [-0.39, 0.29) is 23.4 Å². The van der Waals surface area contributed by atoms with Gasteiger partial charge >= 0.3 is 12.0 Å². The van der Waals surface area contributed by atoms with Crippen LogP contribution in [0.2, 0.25) is 0 Å². The molecule has 3 aromatic rings. The summed E-state index contributed by atoms with van der Waals surface area (Å²) >= 11 is 0. The van der Waals surface area contributed by atoms with Gasteiger partial charge in [0.2, 0.25) is 10.0 Å². The first-order chi connectivity index (χ1) is 17.9. The smallest absolute Gasteiger partial charge is 0.322 e. The van der Waals surface area contributed by atoms with Gasteiger partial charge in [0.25, 0.3) is 0 Å². The number of aliphatic carboxylic acids is 1. The number of rotatable bonds is 10. The molecule has 0 heterocycles. The summed E-state index contributed by atoms with van der Waals surface area (Å²) in [5.41, 5.74) is 5.13. The Morgan fingerprint density at radius 2 is 1.55 bits per heavy atom. The lowest BCUT2D eigenvalue weighted by Crippen LogP contribution is -2.42. The fraction of sp³-hybridized carbons (Fsp3) is 0.310. The number of aryl methyl sites for hydroxylation is 3. The highest BCUT2D eigenvalue weighted by molar-refractivity contribution is 7.89. The van der Waals surface area contributed by atoms with Gasteiger partial charge in [-0.1, -0.05) is 61.0 Å². The Labute approximate surface area is 224 Å². The quantitative estimate of drug-likeness (QED) is 0.284. The Morgan fingerprint density at radius 1 is 0.921 bits per heavy atom. The molecule has 38 heavy (non-hydrogen) atoms. The third kappa shape index (κ3) is 7.43. The number of carbonyl (C=O) groups is 2. The Morgan fingerprint density at radius 3 is 2.13 bits per heavy atom. The van der Waals surface area contributed by atoms with Gasteiger partial charge in [-0.15, -0.1) is 0 Å². The van der Waals surface area contributed by atoms with Gasteiger partial charge in [0.15, 0.2) is 0 Å². The van der Waals surface area contributed by atoms with E-state index in [2.05, 4.69) is 15.4 Å². The van der Waals surface area contributed by atoms with Crippen LogP contribution in [-0.2, 0) is 21.2 Å². The second kappa shape index (κ2) is 12.2. The molecule has 9 heteroatoms. The molecular weight excluding hydrogens is 502 g/mol. The van der Waals surface area contributed by atoms with E-state index in [4.69, 9.17) is 0 Å². The van der Waals surface area contributed by atoms with Crippen molar-refractivity contribution in [3.63, 3.8) is 0 Å². The maximum atomic E-state index is 13.1. The maximum absolute atomic E-state index is 13.1. The van der Waals surface area contributed by atoms with E-state index in [1.165, 1.54) is 0 Å². The molecule has 0 aliphatic carbocycles. The van der Waals surface area contributed by atoms with Crippen molar-refractivity contribution in [1.29, 1.82) is 0 Å². The van der Waals surface area contributed by atoms with Gasteiger partial charge in [-0.3, -0.25) is 4.79 Å². The number of carboxylic acids is 1. The van der Waals surface area contributed by atoms with E-state index in [9.17, 15) is 23.1 Å². The lowest BCUT2D eigenvalue weighted by atomic mass is 10.0. The molecule has 0 fully saturated rings. The third-order valence-corrected chi connectivity index (χ3v) is 8.08. The number of anilines is 1. The molecule has 0 spiro atoms. The standard InChI is InChI=1S/C29H35N3O5S/c1-6-21(5)30-29(35)31-25-9-7-8-24(17-25)23-12-10-22(11-13-23)16-26(28(33)34)32-38(36,37)27-19(3)14-18(2)15-20(27)4/h7-15,17,21,26,32H,6,16H2,1-5H3,(H,33,34)(H2,30,31,35). The van der Waals surface area contributed by atoms with Gasteiger partial charge in [0.1, 0.15) is 6.04 Å². The molecular formula is C29H35N3O5S. The average molecular weight is 538 g/mol. The van der Waals surface area contributed by atoms with Crippen molar-refractivity contribution in [1.82, 2.24) is 10.0 Å². The number of hydrogen-bond donors (Lipinski definition) is 4. The summed E-state index contributed by atoms with van der Waals surface area (Å²) in [7, 11) is -4.05. The molecule has 4 N–H and O–H groups in total. The second-order valence-electron chi connectivity index (χ2n) is 9.63. The number of carboxylic acid groups (broad SMARTS) is 1. The van der Waals surface area contributed by atoms with Crippen molar-refractivity contribution in [3.05, 3.63) is 82.9 Å². The highest BCUT2D eigenvalue weighted by Gasteiger charge is 2.28. The van der Waals surface area contributed by atoms with E-state index >= 15 is 0 Å². The number of amides is 2. The largest absolute Gasteiger partial charge is 0.480 e. The minimum atomic E-state index is -4.05. The van der Waals surface area contributed by atoms with Crippen molar-refractivity contribution in [2.45, 2.75) is 64.4 Å². The summed E-state index contributed by atoms with van der Waals surface area (Å²) in [5.74, 6) is -1.26. The molecule has 202 valence electrons. The maximum Gasteiger partial charge on any atom is 0.322 e. The molecule has 0 saturated heterocycles. The van der Waals surface area contributed by atoms with Crippen LogP contribution in [0.4, 0.5) is 10.5 Å². The fourth-order valence-electron chi connectivity index (χ4n) is 4.35. The zero-order chi connectivity index (χ0) is 28.0. The first-order valence-corrected chi connectivity index (χ1v) is 14.0. The zero-order valence-corrected chi connectivity index (χ0v) is 23.1. The Bertz CT molecular complexity index is 1400. The van der Waals surface area contributed by atoms with E-state index in [0.717, 1.165) is 23.1 Å². The van der Waals surface area contributed by atoms with Gasteiger partial charge < -0.3 is 15.7 Å². The van der Waals surface area contributed by atoms with Crippen molar-refractivity contribution in [2.24, 2.45) is 0 Å². The van der Waals surface area contributed by atoms with E-state index in [1.54, 1.807) is 44.2 Å². The molecule has 2 atom stereocenters. The number of sulfonamides is 1. The van der Waals surface area contributed by atoms with E-state index in [0.29, 0.717) is 22.4 Å². The van der Waals surface area contributed by atoms with Crippen LogP contribution in [0.15, 0.2) is 65.6 Å². The predicted octanol–water partition coefficient (Wildman–Crippen LogP) is 5.17. The van der Waals surface area contributed by atoms with Crippen LogP contribution >= 0.6 is 0 Å². The summed E-state index contributed by atoms with van der Waals surface area (Å²) in [5, 5.41) is 15.5. The highest BCUT2D eigenvalue weighted by Crippen LogP contribution is 2.25. The number of nitrogens with one attached hydrogen (secondary N) is 3. The fourth-order valence-corrected chi connectivity index (χ4v) is 6.00. The minimum absolute atomic E-state index is 0.0177. The topological polar surface area (TPSA) is 125 Å². The first-order valence-electron chi connectivity index (χ1n) is 12.5. The molecule has 2 amide bonds. The molecule has 0 saturated carbocycles. The number of hydrogen-bond acceptors (Lipinski definition) is 4. The summed E-state index contributed by atoms with van der Waals surface area (Å²) in [6.07, 6.45) is 0.811. The van der Waals surface area contributed by atoms with Gasteiger partial charge in [0.05, 0.1) is 4.90 Å². The SMILES string of the molecule is CCC(C)NC(=O)Nc1cccc(-c2ccc(CC(NS(=O)(=O)c3c(C)cc(C)cc3C)C(=O)O)cc2)c1. The van der Waals surface area contributed by atoms with Crippen LogP contribution in [0.25, 0.3) is 11.1 Å². The average Bonchev–Trinajstić information content (AvgIpc) is 2.83. The van der Waals surface area contributed by atoms with Crippen molar-refractivity contribution in [2.75, 3.05) is 5.32 Å². The Kier molecular flexibility index (Phi) is 9.30. The van der Waals surface area contributed by atoms with Crippen LogP contribution in [0.5, 0.6) is 0 Å².